The monoisotopic (exact) mass is 264 g/mol. The van der Waals surface area contributed by atoms with Crippen LogP contribution in [-0.2, 0) is 4.74 Å². The first-order chi connectivity index (χ1) is 7.69. The van der Waals surface area contributed by atoms with E-state index in [2.05, 4.69) is 10.3 Å². The standard InChI is InChI=1S/C10H14Cl2N2O2/c1-3-15-4-5-16-10-8(12)6-7(11)9(13-2)14-10/h6H,3-5H2,1-2H3,(H,13,14). The zero-order chi connectivity index (χ0) is 12.0. The van der Waals surface area contributed by atoms with Gasteiger partial charge in [0.05, 0.1) is 11.6 Å². The van der Waals surface area contributed by atoms with E-state index in [9.17, 15) is 0 Å². The van der Waals surface area contributed by atoms with Crippen molar-refractivity contribution in [2.45, 2.75) is 6.92 Å². The van der Waals surface area contributed by atoms with Crippen molar-refractivity contribution in [3.8, 4) is 5.88 Å². The fraction of sp³-hybridized carbons (Fsp3) is 0.500. The Kier molecular flexibility index (Phi) is 5.66. The van der Waals surface area contributed by atoms with Crippen LogP contribution < -0.4 is 10.1 Å². The lowest BCUT2D eigenvalue weighted by atomic mass is 10.4. The Bertz CT molecular complexity index is 348. The van der Waals surface area contributed by atoms with Crippen LogP contribution in [0.15, 0.2) is 6.07 Å². The summed E-state index contributed by atoms with van der Waals surface area (Å²) in [5.41, 5.74) is 0. The third kappa shape index (κ3) is 3.70. The van der Waals surface area contributed by atoms with Gasteiger partial charge in [-0.2, -0.15) is 4.98 Å². The smallest absolute Gasteiger partial charge is 0.234 e. The quantitative estimate of drug-likeness (QED) is 0.803. The van der Waals surface area contributed by atoms with Crippen LogP contribution in [0.5, 0.6) is 5.88 Å². The number of nitrogens with one attached hydrogen (secondary N) is 1. The van der Waals surface area contributed by atoms with E-state index in [4.69, 9.17) is 32.7 Å². The van der Waals surface area contributed by atoms with Crippen LogP contribution in [0.2, 0.25) is 10.0 Å². The normalized spacial score (nSPS) is 10.2. The molecule has 0 aliphatic rings. The van der Waals surface area contributed by atoms with E-state index in [1.54, 1.807) is 13.1 Å². The van der Waals surface area contributed by atoms with Gasteiger partial charge < -0.3 is 14.8 Å². The molecule has 0 bridgehead atoms. The van der Waals surface area contributed by atoms with Gasteiger partial charge in [-0.15, -0.1) is 0 Å². The second-order valence-electron chi connectivity index (χ2n) is 2.90. The Morgan fingerprint density at radius 3 is 2.69 bits per heavy atom. The number of aromatic nitrogens is 1. The molecule has 6 heteroatoms. The molecule has 1 aromatic rings. The first-order valence-electron chi connectivity index (χ1n) is 4.93. The minimum Gasteiger partial charge on any atom is -0.474 e. The Morgan fingerprint density at radius 1 is 1.31 bits per heavy atom. The van der Waals surface area contributed by atoms with Crippen LogP contribution >= 0.6 is 23.2 Å². The summed E-state index contributed by atoms with van der Waals surface area (Å²) in [6, 6.07) is 1.60. The zero-order valence-corrected chi connectivity index (χ0v) is 10.7. The third-order valence-corrected chi connectivity index (χ3v) is 2.36. The van der Waals surface area contributed by atoms with Gasteiger partial charge in [-0.25, -0.2) is 0 Å². The van der Waals surface area contributed by atoms with Gasteiger partial charge >= 0.3 is 0 Å². The fourth-order valence-electron chi connectivity index (χ4n) is 1.07. The van der Waals surface area contributed by atoms with Gasteiger partial charge in [0.2, 0.25) is 5.88 Å². The van der Waals surface area contributed by atoms with Crippen molar-refractivity contribution in [1.29, 1.82) is 0 Å². The SMILES string of the molecule is CCOCCOc1nc(NC)c(Cl)cc1Cl. The van der Waals surface area contributed by atoms with E-state index in [1.165, 1.54) is 0 Å². The van der Waals surface area contributed by atoms with Crippen LogP contribution in [0.1, 0.15) is 6.92 Å². The molecule has 0 fully saturated rings. The fourth-order valence-corrected chi connectivity index (χ4v) is 1.58. The summed E-state index contributed by atoms with van der Waals surface area (Å²) in [6.45, 7) is 3.50. The van der Waals surface area contributed by atoms with Crippen molar-refractivity contribution in [3.63, 3.8) is 0 Å². The predicted octanol–water partition coefficient (Wildman–Crippen LogP) is 2.85. The second kappa shape index (κ2) is 6.78. The summed E-state index contributed by atoms with van der Waals surface area (Å²) in [6.07, 6.45) is 0. The van der Waals surface area contributed by atoms with Crippen LogP contribution in [-0.4, -0.2) is 31.9 Å². The number of rotatable bonds is 6. The summed E-state index contributed by atoms with van der Waals surface area (Å²) in [5, 5.41) is 3.70. The number of hydrogen-bond acceptors (Lipinski definition) is 4. The highest BCUT2D eigenvalue weighted by Crippen LogP contribution is 2.30. The van der Waals surface area contributed by atoms with E-state index in [-0.39, 0.29) is 0 Å². The molecular weight excluding hydrogens is 251 g/mol. The van der Waals surface area contributed by atoms with Crippen LogP contribution in [0.4, 0.5) is 5.82 Å². The molecule has 0 radical (unpaired) electrons. The molecule has 0 unspecified atom stereocenters. The molecule has 0 amide bonds. The van der Waals surface area contributed by atoms with Crippen LogP contribution in [0.3, 0.4) is 0 Å². The zero-order valence-electron chi connectivity index (χ0n) is 9.22. The maximum atomic E-state index is 5.93. The molecule has 16 heavy (non-hydrogen) atoms. The molecule has 0 atom stereocenters. The summed E-state index contributed by atoms with van der Waals surface area (Å²) < 4.78 is 10.5. The Balaban J connectivity index is 2.64. The highest BCUT2D eigenvalue weighted by Gasteiger charge is 2.09. The predicted molar refractivity (Wildman–Crippen MR) is 65.8 cm³/mol. The summed E-state index contributed by atoms with van der Waals surface area (Å²) >= 11 is 11.8. The molecular formula is C10H14Cl2N2O2. The van der Waals surface area contributed by atoms with Crippen molar-refractivity contribution in [2.24, 2.45) is 0 Å². The van der Waals surface area contributed by atoms with Crippen molar-refractivity contribution < 1.29 is 9.47 Å². The van der Waals surface area contributed by atoms with Crippen molar-refractivity contribution in [1.82, 2.24) is 4.98 Å². The largest absolute Gasteiger partial charge is 0.474 e. The lowest BCUT2D eigenvalue weighted by Gasteiger charge is -2.09. The Labute approximate surface area is 105 Å². The van der Waals surface area contributed by atoms with Gasteiger partial charge in [-0.05, 0) is 13.0 Å². The van der Waals surface area contributed by atoms with Crippen molar-refractivity contribution in [3.05, 3.63) is 16.1 Å². The molecule has 0 aromatic carbocycles. The number of pyridine rings is 1. The highest BCUT2D eigenvalue weighted by molar-refractivity contribution is 6.36. The van der Waals surface area contributed by atoms with E-state index in [0.29, 0.717) is 41.6 Å². The lowest BCUT2D eigenvalue weighted by molar-refractivity contribution is 0.108. The molecule has 0 spiro atoms. The molecule has 0 saturated heterocycles. The first kappa shape index (κ1) is 13.4. The highest BCUT2D eigenvalue weighted by atomic mass is 35.5. The minimum absolute atomic E-state index is 0.357. The summed E-state index contributed by atoms with van der Waals surface area (Å²) in [5.74, 6) is 0.896. The van der Waals surface area contributed by atoms with Gasteiger partial charge in [0, 0.05) is 13.7 Å². The van der Waals surface area contributed by atoms with Crippen LogP contribution in [0, 0.1) is 0 Å². The number of hydrogen-bond donors (Lipinski definition) is 1. The average molecular weight is 265 g/mol. The van der Waals surface area contributed by atoms with Gasteiger partial charge in [0.15, 0.2) is 0 Å². The third-order valence-electron chi connectivity index (χ3n) is 1.80. The Hall–Kier alpha value is -0.710. The molecule has 0 saturated carbocycles. The molecule has 1 aromatic heterocycles. The molecule has 1 rings (SSSR count). The van der Waals surface area contributed by atoms with Crippen molar-refractivity contribution >= 4 is 29.0 Å². The number of halogens is 2. The second-order valence-corrected chi connectivity index (χ2v) is 3.72. The minimum atomic E-state index is 0.357. The lowest BCUT2D eigenvalue weighted by Crippen LogP contribution is -2.08. The molecule has 90 valence electrons. The number of ether oxygens (including phenoxy) is 2. The summed E-state index contributed by atoms with van der Waals surface area (Å²) in [4.78, 5) is 4.14. The number of anilines is 1. The molecule has 1 heterocycles. The topological polar surface area (TPSA) is 43.4 Å². The molecule has 1 N–H and O–H groups in total. The Morgan fingerprint density at radius 2 is 2.06 bits per heavy atom. The summed E-state index contributed by atoms with van der Waals surface area (Å²) in [7, 11) is 1.73. The van der Waals surface area contributed by atoms with E-state index < -0.39 is 0 Å². The van der Waals surface area contributed by atoms with Crippen molar-refractivity contribution in [2.75, 3.05) is 32.2 Å². The average Bonchev–Trinajstić information content (AvgIpc) is 2.27. The van der Waals surface area contributed by atoms with Gasteiger partial charge in [-0.3, -0.25) is 0 Å². The maximum absolute atomic E-state index is 5.93. The van der Waals surface area contributed by atoms with Gasteiger partial charge in [0.1, 0.15) is 17.4 Å². The molecule has 0 aliphatic carbocycles. The van der Waals surface area contributed by atoms with Gasteiger partial charge in [0.25, 0.3) is 0 Å². The number of nitrogens with zero attached hydrogens (tertiary/aromatic N) is 1. The van der Waals surface area contributed by atoms with E-state index in [1.807, 2.05) is 6.92 Å². The maximum Gasteiger partial charge on any atom is 0.234 e. The van der Waals surface area contributed by atoms with Crippen LogP contribution in [0.25, 0.3) is 0 Å². The van der Waals surface area contributed by atoms with E-state index in [0.717, 1.165) is 0 Å². The first-order valence-corrected chi connectivity index (χ1v) is 5.69. The molecule has 4 nitrogen and oxygen atoms in total. The van der Waals surface area contributed by atoms with Gasteiger partial charge in [-0.1, -0.05) is 23.2 Å². The van der Waals surface area contributed by atoms with E-state index >= 15 is 0 Å². The molecule has 0 aliphatic heterocycles.